The van der Waals surface area contributed by atoms with Crippen molar-refractivity contribution in [1.29, 1.82) is 0 Å². The Morgan fingerprint density at radius 3 is 2.36 bits per heavy atom. The first kappa shape index (κ1) is 17.5. The molecule has 5 nitrogen and oxygen atoms in total. The van der Waals surface area contributed by atoms with Gasteiger partial charge < -0.3 is 14.5 Å². The number of para-hydroxylation sites is 1. The van der Waals surface area contributed by atoms with Crippen LogP contribution >= 0.6 is 0 Å². The Labute approximate surface area is 149 Å². The molecule has 1 aromatic carbocycles. The molecule has 3 rings (SSSR count). The fraction of sp³-hybridized carbons (Fsp3) is 0.500. The van der Waals surface area contributed by atoms with E-state index in [0.29, 0.717) is 26.2 Å². The van der Waals surface area contributed by atoms with Gasteiger partial charge in [0, 0.05) is 43.7 Å². The second-order valence-corrected chi connectivity index (χ2v) is 6.71. The summed E-state index contributed by atoms with van der Waals surface area (Å²) in [6.07, 6.45) is 7.77. The molecule has 0 atom stereocenters. The molecule has 5 heteroatoms. The van der Waals surface area contributed by atoms with Crippen LogP contribution in [0.15, 0.2) is 30.3 Å². The summed E-state index contributed by atoms with van der Waals surface area (Å²) in [5.74, 6) is 1.24. The van der Waals surface area contributed by atoms with Crippen molar-refractivity contribution in [1.82, 2.24) is 9.80 Å². The molecular weight excluding hydrogens is 316 g/mol. The van der Waals surface area contributed by atoms with Crippen LogP contribution in [0.5, 0.6) is 5.75 Å². The molecule has 25 heavy (non-hydrogen) atoms. The molecule has 0 bridgehead atoms. The molecule has 1 aliphatic heterocycles. The van der Waals surface area contributed by atoms with Crippen molar-refractivity contribution < 1.29 is 14.3 Å². The first-order valence-electron chi connectivity index (χ1n) is 9.08. The van der Waals surface area contributed by atoms with E-state index in [4.69, 9.17) is 4.74 Å². The Kier molecular flexibility index (Phi) is 5.74. The van der Waals surface area contributed by atoms with Gasteiger partial charge in [0.1, 0.15) is 5.75 Å². The monoisotopic (exact) mass is 342 g/mol. The van der Waals surface area contributed by atoms with E-state index in [-0.39, 0.29) is 17.7 Å². The van der Waals surface area contributed by atoms with Crippen molar-refractivity contribution >= 4 is 17.9 Å². The third-order valence-electron chi connectivity index (χ3n) is 5.15. The maximum atomic E-state index is 12.5. The molecule has 0 aromatic heterocycles. The number of ether oxygens (including phenoxy) is 1. The Hall–Kier alpha value is -2.30. The highest BCUT2D eigenvalue weighted by atomic mass is 16.5. The quantitative estimate of drug-likeness (QED) is 0.790. The molecule has 134 valence electrons. The van der Waals surface area contributed by atoms with Crippen molar-refractivity contribution in [2.75, 3.05) is 33.3 Å². The summed E-state index contributed by atoms with van der Waals surface area (Å²) in [7, 11) is 1.62. The Morgan fingerprint density at radius 2 is 1.68 bits per heavy atom. The molecule has 2 aliphatic rings. The number of rotatable bonds is 4. The van der Waals surface area contributed by atoms with Crippen molar-refractivity contribution in [3.05, 3.63) is 35.9 Å². The number of benzene rings is 1. The second kappa shape index (κ2) is 8.19. The number of methoxy groups -OCH3 is 1. The lowest BCUT2D eigenvalue weighted by Gasteiger charge is -2.35. The first-order valence-corrected chi connectivity index (χ1v) is 9.08. The number of amides is 2. The lowest BCUT2D eigenvalue weighted by molar-refractivity contribution is -0.140. The lowest BCUT2D eigenvalue weighted by atomic mass is 10.1. The zero-order valence-electron chi connectivity index (χ0n) is 14.8. The van der Waals surface area contributed by atoms with Crippen molar-refractivity contribution in [3.63, 3.8) is 0 Å². The Balaban J connectivity index is 1.53. The summed E-state index contributed by atoms with van der Waals surface area (Å²) in [6, 6.07) is 7.61. The number of carbonyl (C=O) groups is 2. The van der Waals surface area contributed by atoms with E-state index < -0.39 is 0 Å². The topological polar surface area (TPSA) is 49.9 Å². The van der Waals surface area contributed by atoms with Gasteiger partial charge in [0.05, 0.1) is 7.11 Å². The molecule has 0 spiro atoms. The average Bonchev–Trinajstić information content (AvgIpc) is 3.20. The third kappa shape index (κ3) is 4.21. The van der Waals surface area contributed by atoms with Crippen molar-refractivity contribution in [2.45, 2.75) is 25.7 Å². The molecule has 0 N–H and O–H groups in total. The third-order valence-corrected chi connectivity index (χ3v) is 5.15. The molecule has 1 saturated heterocycles. The summed E-state index contributed by atoms with van der Waals surface area (Å²) in [5, 5.41) is 0. The summed E-state index contributed by atoms with van der Waals surface area (Å²) >= 11 is 0. The lowest BCUT2D eigenvalue weighted by Crippen LogP contribution is -2.51. The van der Waals surface area contributed by atoms with Crippen LogP contribution in [0.4, 0.5) is 0 Å². The maximum Gasteiger partial charge on any atom is 0.246 e. The van der Waals surface area contributed by atoms with Gasteiger partial charge in [-0.2, -0.15) is 0 Å². The van der Waals surface area contributed by atoms with Gasteiger partial charge >= 0.3 is 0 Å². The van der Waals surface area contributed by atoms with Crippen LogP contribution in [0.2, 0.25) is 0 Å². The fourth-order valence-corrected chi connectivity index (χ4v) is 3.65. The average molecular weight is 342 g/mol. The first-order chi connectivity index (χ1) is 12.2. The predicted octanol–water partition coefficient (Wildman–Crippen LogP) is 2.57. The largest absolute Gasteiger partial charge is 0.496 e. The minimum Gasteiger partial charge on any atom is -0.496 e. The molecule has 2 fully saturated rings. The van der Waals surface area contributed by atoms with Crippen LogP contribution < -0.4 is 4.74 Å². The molecule has 2 amide bonds. The molecule has 0 unspecified atom stereocenters. The summed E-state index contributed by atoms with van der Waals surface area (Å²) in [4.78, 5) is 28.6. The zero-order chi connectivity index (χ0) is 17.6. The maximum absolute atomic E-state index is 12.5. The van der Waals surface area contributed by atoms with Gasteiger partial charge in [0.25, 0.3) is 0 Å². The number of hydrogen-bond acceptors (Lipinski definition) is 3. The van der Waals surface area contributed by atoms with Crippen LogP contribution in [-0.2, 0) is 9.59 Å². The number of hydrogen-bond donors (Lipinski definition) is 0. The van der Waals surface area contributed by atoms with Crippen molar-refractivity contribution in [2.24, 2.45) is 5.92 Å². The van der Waals surface area contributed by atoms with Crippen LogP contribution in [0, 0.1) is 5.92 Å². The van der Waals surface area contributed by atoms with Crippen molar-refractivity contribution in [3.8, 4) is 5.75 Å². The molecule has 1 aliphatic carbocycles. The molecular formula is C20H26N2O3. The minimum atomic E-state index is -0.0149. The molecule has 0 radical (unpaired) electrons. The van der Waals surface area contributed by atoms with Crippen LogP contribution in [-0.4, -0.2) is 54.9 Å². The van der Waals surface area contributed by atoms with Crippen LogP contribution in [0.3, 0.4) is 0 Å². The Morgan fingerprint density at radius 1 is 1.04 bits per heavy atom. The number of nitrogens with zero attached hydrogens (tertiary/aromatic N) is 2. The Bertz CT molecular complexity index is 642. The normalized spacial score (nSPS) is 18.8. The van der Waals surface area contributed by atoms with Gasteiger partial charge in [-0.05, 0) is 25.0 Å². The molecule has 1 aromatic rings. The van der Waals surface area contributed by atoms with Crippen LogP contribution in [0.1, 0.15) is 31.2 Å². The number of carbonyl (C=O) groups excluding carboxylic acids is 2. The van der Waals surface area contributed by atoms with E-state index in [1.165, 1.54) is 12.8 Å². The van der Waals surface area contributed by atoms with E-state index in [0.717, 1.165) is 24.2 Å². The van der Waals surface area contributed by atoms with Crippen LogP contribution in [0.25, 0.3) is 6.08 Å². The van der Waals surface area contributed by atoms with Gasteiger partial charge in [-0.25, -0.2) is 0 Å². The van der Waals surface area contributed by atoms with Gasteiger partial charge in [0.15, 0.2) is 0 Å². The highest BCUT2D eigenvalue weighted by Gasteiger charge is 2.30. The minimum absolute atomic E-state index is 0.0149. The summed E-state index contributed by atoms with van der Waals surface area (Å²) in [5.41, 5.74) is 0.883. The second-order valence-electron chi connectivity index (χ2n) is 6.71. The van der Waals surface area contributed by atoms with E-state index in [9.17, 15) is 9.59 Å². The SMILES string of the molecule is COc1ccccc1/C=C/C(=O)N1CCN(C(=O)C2CCCC2)CC1. The number of piperazine rings is 1. The van der Waals surface area contributed by atoms with Gasteiger partial charge in [-0.15, -0.1) is 0 Å². The highest BCUT2D eigenvalue weighted by Crippen LogP contribution is 2.27. The van der Waals surface area contributed by atoms with Gasteiger partial charge in [0.2, 0.25) is 11.8 Å². The standard InChI is InChI=1S/C20H26N2O3/c1-25-18-9-5-4-6-16(18)10-11-19(23)21-12-14-22(15-13-21)20(24)17-7-2-3-8-17/h4-6,9-11,17H,2-3,7-8,12-15H2,1H3/b11-10+. The van der Waals surface area contributed by atoms with E-state index in [2.05, 4.69) is 0 Å². The smallest absolute Gasteiger partial charge is 0.246 e. The molecule has 1 heterocycles. The van der Waals surface area contributed by atoms with E-state index in [1.807, 2.05) is 34.1 Å². The van der Waals surface area contributed by atoms with E-state index in [1.54, 1.807) is 19.3 Å². The van der Waals surface area contributed by atoms with Gasteiger partial charge in [-0.3, -0.25) is 9.59 Å². The predicted molar refractivity (Wildman–Crippen MR) is 97.1 cm³/mol. The van der Waals surface area contributed by atoms with E-state index >= 15 is 0 Å². The summed E-state index contributed by atoms with van der Waals surface area (Å²) in [6.45, 7) is 2.49. The zero-order valence-corrected chi connectivity index (χ0v) is 14.8. The fourth-order valence-electron chi connectivity index (χ4n) is 3.65. The highest BCUT2D eigenvalue weighted by molar-refractivity contribution is 5.92. The molecule has 1 saturated carbocycles. The summed E-state index contributed by atoms with van der Waals surface area (Å²) < 4.78 is 5.29. The van der Waals surface area contributed by atoms with Gasteiger partial charge in [-0.1, -0.05) is 31.0 Å².